The van der Waals surface area contributed by atoms with Crippen molar-refractivity contribution in [3.05, 3.63) is 29.3 Å². The van der Waals surface area contributed by atoms with E-state index in [0.717, 1.165) is 24.0 Å². The van der Waals surface area contributed by atoms with E-state index < -0.39 is 12.2 Å². The maximum Gasteiger partial charge on any atom is 0.260 e. The summed E-state index contributed by atoms with van der Waals surface area (Å²) in [6, 6.07) is 5.92. The average molecular weight is 291 g/mol. The fourth-order valence-electron chi connectivity index (χ4n) is 2.73. The van der Waals surface area contributed by atoms with Crippen molar-refractivity contribution in [2.45, 2.75) is 64.7 Å². The monoisotopic (exact) mass is 291 g/mol. The number of rotatable bonds is 5. The van der Waals surface area contributed by atoms with Crippen molar-refractivity contribution in [1.82, 2.24) is 5.32 Å². The highest BCUT2D eigenvalue weighted by Crippen LogP contribution is 2.27. The summed E-state index contributed by atoms with van der Waals surface area (Å²) in [6.45, 7) is 5.41. The highest BCUT2D eigenvalue weighted by molar-refractivity contribution is 5.81. The Morgan fingerprint density at radius 2 is 2.00 bits per heavy atom. The Morgan fingerprint density at radius 1 is 1.33 bits per heavy atom. The summed E-state index contributed by atoms with van der Waals surface area (Å²) in [5, 5.41) is 12.9. The lowest BCUT2D eigenvalue weighted by Gasteiger charge is -2.20. The molecule has 0 aliphatic heterocycles. The van der Waals surface area contributed by atoms with E-state index in [2.05, 4.69) is 5.32 Å². The van der Waals surface area contributed by atoms with Crippen LogP contribution in [0.15, 0.2) is 18.2 Å². The number of nitrogens with one attached hydrogen (secondary N) is 1. The second-order valence-corrected chi connectivity index (χ2v) is 5.97. The summed E-state index contributed by atoms with van der Waals surface area (Å²) in [4.78, 5) is 12.2. The molecular weight excluding hydrogens is 266 g/mol. The maximum atomic E-state index is 12.2. The molecule has 1 fully saturated rings. The first kappa shape index (κ1) is 15.8. The predicted octanol–water partition coefficient (Wildman–Crippen LogP) is 2.87. The second kappa shape index (κ2) is 6.94. The van der Waals surface area contributed by atoms with Gasteiger partial charge in [-0.15, -0.1) is 0 Å². The van der Waals surface area contributed by atoms with Gasteiger partial charge in [0.15, 0.2) is 6.10 Å². The quantitative estimate of drug-likeness (QED) is 0.877. The van der Waals surface area contributed by atoms with Gasteiger partial charge < -0.3 is 15.2 Å². The highest BCUT2D eigenvalue weighted by atomic mass is 16.5. The summed E-state index contributed by atoms with van der Waals surface area (Å²) in [7, 11) is 0. The number of aliphatic hydroxyl groups is 1. The average Bonchev–Trinajstić information content (AvgIpc) is 2.93. The highest BCUT2D eigenvalue weighted by Gasteiger charge is 2.22. The number of carbonyl (C=O) groups is 1. The molecule has 0 saturated heterocycles. The van der Waals surface area contributed by atoms with Gasteiger partial charge in [-0.1, -0.05) is 24.5 Å². The molecular formula is C17H25NO3. The van der Waals surface area contributed by atoms with Crippen molar-refractivity contribution in [2.24, 2.45) is 0 Å². The third-order valence-corrected chi connectivity index (χ3v) is 3.99. The van der Waals surface area contributed by atoms with Crippen LogP contribution in [0.4, 0.5) is 0 Å². The van der Waals surface area contributed by atoms with Crippen LogP contribution in [-0.4, -0.2) is 23.2 Å². The largest absolute Gasteiger partial charge is 0.481 e. The van der Waals surface area contributed by atoms with Crippen LogP contribution >= 0.6 is 0 Å². The van der Waals surface area contributed by atoms with E-state index in [0.29, 0.717) is 5.75 Å². The van der Waals surface area contributed by atoms with Gasteiger partial charge in [-0.05, 0) is 45.7 Å². The van der Waals surface area contributed by atoms with Crippen LogP contribution < -0.4 is 10.1 Å². The Morgan fingerprint density at radius 3 is 2.62 bits per heavy atom. The van der Waals surface area contributed by atoms with E-state index in [4.69, 9.17) is 4.74 Å². The Hall–Kier alpha value is -1.55. The number of carbonyl (C=O) groups excluding carboxylic acids is 1. The molecule has 4 nitrogen and oxygen atoms in total. The number of ether oxygens (including phenoxy) is 1. The smallest absolute Gasteiger partial charge is 0.260 e. The Balaban J connectivity index is 2.01. The Labute approximate surface area is 126 Å². The molecule has 116 valence electrons. The first-order valence-corrected chi connectivity index (χ1v) is 7.73. The van der Waals surface area contributed by atoms with Gasteiger partial charge in [0, 0.05) is 11.6 Å². The molecule has 1 saturated carbocycles. The standard InChI is InChI=1S/C17H25NO3/c1-11-8-9-16(15(10-11)12(2)19)21-13(3)17(20)18-14-6-4-5-7-14/h8-10,12-14,19H,4-7H2,1-3H3,(H,18,20)/t12-,13?/m0/s1. The number of hydrogen-bond acceptors (Lipinski definition) is 3. The van der Waals surface area contributed by atoms with E-state index in [1.165, 1.54) is 12.8 Å². The lowest BCUT2D eigenvalue weighted by molar-refractivity contribution is -0.128. The van der Waals surface area contributed by atoms with Gasteiger partial charge >= 0.3 is 0 Å². The van der Waals surface area contributed by atoms with Crippen LogP contribution in [-0.2, 0) is 4.79 Å². The van der Waals surface area contributed by atoms with Crippen molar-refractivity contribution in [2.75, 3.05) is 0 Å². The summed E-state index contributed by atoms with van der Waals surface area (Å²) in [5.41, 5.74) is 1.77. The number of amides is 1. The van der Waals surface area contributed by atoms with Crippen LogP contribution in [0.25, 0.3) is 0 Å². The van der Waals surface area contributed by atoms with Gasteiger partial charge in [-0.3, -0.25) is 4.79 Å². The molecule has 1 aromatic carbocycles. The zero-order valence-electron chi connectivity index (χ0n) is 13.1. The lowest BCUT2D eigenvalue weighted by Crippen LogP contribution is -2.41. The minimum absolute atomic E-state index is 0.0842. The summed E-state index contributed by atoms with van der Waals surface area (Å²) in [6.07, 6.45) is 3.30. The van der Waals surface area contributed by atoms with Crippen LogP contribution in [0.3, 0.4) is 0 Å². The van der Waals surface area contributed by atoms with E-state index in [1.54, 1.807) is 13.8 Å². The van der Waals surface area contributed by atoms with Crippen molar-refractivity contribution in [1.29, 1.82) is 0 Å². The van der Waals surface area contributed by atoms with Crippen LogP contribution in [0, 0.1) is 6.92 Å². The van der Waals surface area contributed by atoms with Crippen molar-refractivity contribution < 1.29 is 14.6 Å². The fourth-order valence-corrected chi connectivity index (χ4v) is 2.73. The van der Waals surface area contributed by atoms with Gasteiger partial charge in [0.05, 0.1) is 6.10 Å². The summed E-state index contributed by atoms with van der Waals surface area (Å²) in [5.74, 6) is 0.490. The fraction of sp³-hybridized carbons (Fsp3) is 0.588. The third kappa shape index (κ3) is 4.21. The molecule has 2 atom stereocenters. The zero-order valence-corrected chi connectivity index (χ0v) is 13.1. The van der Waals surface area contributed by atoms with Gasteiger partial charge in [-0.25, -0.2) is 0 Å². The van der Waals surface area contributed by atoms with Crippen molar-refractivity contribution in [3.63, 3.8) is 0 Å². The summed E-state index contributed by atoms with van der Waals surface area (Å²) < 4.78 is 5.76. The normalized spacial score (nSPS) is 18.3. The number of hydrogen-bond donors (Lipinski definition) is 2. The molecule has 2 N–H and O–H groups in total. The molecule has 0 radical (unpaired) electrons. The number of benzene rings is 1. The Bertz CT molecular complexity index is 493. The first-order chi connectivity index (χ1) is 9.97. The van der Waals surface area contributed by atoms with Crippen LogP contribution in [0.2, 0.25) is 0 Å². The van der Waals surface area contributed by atoms with Crippen molar-refractivity contribution in [3.8, 4) is 5.75 Å². The van der Waals surface area contributed by atoms with E-state index in [-0.39, 0.29) is 11.9 Å². The molecule has 1 aliphatic rings. The van der Waals surface area contributed by atoms with Crippen molar-refractivity contribution >= 4 is 5.91 Å². The lowest BCUT2D eigenvalue weighted by atomic mass is 10.1. The molecule has 1 aromatic rings. The second-order valence-electron chi connectivity index (χ2n) is 5.97. The van der Waals surface area contributed by atoms with Crippen LogP contribution in [0.1, 0.15) is 56.8 Å². The number of aliphatic hydroxyl groups excluding tert-OH is 1. The van der Waals surface area contributed by atoms with Gasteiger partial charge in [0.25, 0.3) is 5.91 Å². The molecule has 1 aliphatic carbocycles. The maximum absolute atomic E-state index is 12.2. The predicted molar refractivity (Wildman–Crippen MR) is 82.3 cm³/mol. The summed E-state index contributed by atoms with van der Waals surface area (Å²) >= 11 is 0. The Kier molecular flexibility index (Phi) is 5.23. The van der Waals surface area contributed by atoms with E-state index >= 15 is 0 Å². The topological polar surface area (TPSA) is 58.6 Å². The molecule has 1 unspecified atom stereocenters. The first-order valence-electron chi connectivity index (χ1n) is 7.73. The molecule has 4 heteroatoms. The third-order valence-electron chi connectivity index (χ3n) is 3.99. The zero-order chi connectivity index (χ0) is 15.4. The van der Waals surface area contributed by atoms with E-state index in [1.807, 2.05) is 25.1 Å². The van der Waals surface area contributed by atoms with Gasteiger partial charge in [0.1, 0.15) is 5.75 Å². The molecule has 0 spiro atoms. The molecule has 0 bridgehead atoms. The van der Waals surface area contributed by atoms with Gasteiger partial charge in [0.2, 0.25) is 0 Å². The SMILES string of the molecule is Cc1ccc(OC(C)C(=O)NC2CCCC2)c([C@H](C)O)c1. The van der Waals surface area contributed by atoms with E-state index in [9.17, 15) is 9.90 Å². The molecule has 1 amide bonds. The van der Waals surface area contributed by atoms with Crippen LogP contribution in [0.5, 0.6) is 5.75 Å². The molecule has 2 rings (SSSR count). The minimum Gasteiger partial charge on any atom is -0.481 e. The number of aryl methyl sites for hydroxylation is 1. The molecule has 21 heavy (non-hydrogen) atoms. The minimum atomic E-state index is -0.620. The van der Waals surface area contributed by atoms with Gasteiger partial charge in [-0.2, -0.15) is 0 Å². The molecule has 0 heterocycles. The molecule has 0 aromatic heterocycles.